The van der Waals surface area contributed by atoms with Crippen LogP contribution in [0.1, 0.15) is 40.7 Å². The zero-order valence-electron chi connectivity index (χ0n) is 15.8. The van der Waals surface area contributed by atoms with E-state index in [1.807, 2.05) is 18.2 Å². The SMILES string of the molecule is O=C1CCC(N2Cc3cc(CN4CCCNC(CO)C4)ccc3C2=O)C(=O)N1. The van der Waals surface area contributed by atoms with Crippen LogP contribution in [0.3, 0.4) is 0 Å². The molecule has 0 aliphatic carbocycles. The molecule has 0 spiro atoms. The topological polar surface area (TPSA) is 102 Å². The van der Waals surface area contributed by atoms with Crippen LogP contribution in [0.4, 0.5) is 0 Å². The number of imide groups is 1. The average molecular weight is 386 g/mol. The van der Waals surface area contributed by atoms with Crippen LogP contribution in [0.5, 0.6) is 0 Å². The lowest BCUT2D eigenvalue weighted by Gasteiger charge is -2.29. The lowest BCUT2D eigenvalue weighted by Crippen LogP contribution is -2.52. The fourth-order valence-corrected chi connectivity index (χ4v) is 4.33. The molecule has 3 aliphatic rings. The van der Waals surface area contributed by atoms with Gasteiger partial charge in [-0.25, -0.2) is 0 Å². The van der Waals surface area contributed by atoms with Crippen molar-refractivity contribution >= 4 is 17.7 Å². The van der Waals surface area contributed by atoms with Gasteiger partial charge in [0.05, 0.1) is 6.61 Å². The van der Waals surface area contributed by atoms with Crippen LogP contribution in [0.2, 0.25) is 0 Å². The maximum Gasteiger partial charge on any atom is 0.255 e. The fourth-order valence-electron chi connectivity index (χ4n) is 4.33. The normalized spacial score (nSPS) is 26.2. The Kier molecular flexibility index (Phi) is 5.43. The van der Waals surface area contributed by atoms with Crippen molar-refractivity contribution in [2.75, 3.05) is 26.2 Å². The van der Waals surface area contributed by atoms with Crippen LogP contribution in [0.15, 0.2) is 18.2 Å². The monoisotopic (exact) mass is 386 g/mol. The van der Waals surface area contributed by atoms with Crippen LogP contribution in [-0.2, 0) is 22.7 Å². The number of aliphatic hydroxyl groups excluding tert-OH is 1. The van der Waals surface area contributed by atoms with E-state index in [1.165, 1.54) is 0 Å². The Hall–Kier alpha value is -2.29. The number of benzene rings is 1. The van der Waals surface area contributed by atoms with E-state index in [0.717, 1.165) is 43.7 Å². The first-order valence-electron chi connectivity index (χ1n) is 9.88. The van der Waals surface area contributed by atoms with Crippen molar-refractivity contribution in [2.45, 2.75) is 44.4 Å². The molecular weight excluding hydrogens is 360 g/mol. The third kappa shape index (κ3) is 3.80. The molecule has 8 heteroatoms. The van der Waals surface area contributed by atoms with Gasteiger partial charge in [0.1, 0.15) is 6.04 Å². The highest BCUT2D eigenvalue weighted by atomic mass is 16.3. The predicted octanol–water partition coefficient (Wildman–Crippen LogP) is -0.396. The summed E-state index contributed by atoms with van der Waals surface area (Å²) in [6.07, 6.45) is 1.67. The van der Waals surface area contributed by atoms with Gasteiger partial charge in [0.15, 0.2) is 0 Å². The van der Waals surface area contributed by atoms with Gasteiger partial charge < -0.3 is 15.3 Å². The van der Waals surface area contributed by atoms with Crippen LogP contribution in [0.25, 0.3) is 0 Å². The Bertz CT molecular complexity index is 796. The smallest absolute Gasteiger partial charge is 0.255 e. The molecule has 3 heterocycles. The van der Waals surface area contributed by atoms with E-state index >= 15 is 0 Å². The molecule has 1 aromatic carbocycles. The molecule has 8 nitrogen and oxygen atoms in total. The van der Waals surface area contributed by atoms with Gasteiger partial charge in [-0.15, -0.1) is 0 Å². The first-order valence-corrected chi connectivity index (χ1v) is 9.88. The van der Waals surface area contributed by atoms with Gasteiger partial charge in [0.25, 0.3) is 5.91 Å². The Labute approximate surface area is 163 Å². The van der Waals surface area contributed by atoms with E-state index in [4.69, 9.17) is 0 Å². The minimum atomic E-state index is -0.581. The van der Waals surface area contributed by atoms with Crippen molar-refractivity contribution in [1.29, 1.82) is 0 Å². The molecule has 0 bridgehead atoms. The van der Waals surface area contributed by atoms with E-state index in [2.05, 4.69) is 15.5 Å². The molecule has 3 amide bonds. The minimum Gasteiger partial charge on any atom is -0.395 e. The van der Waals surface area contributed by atoms with Crippen molar-refractivity contribution in [3.8, 4) is 0 Å². The highest BCUT2D eigenvalue weighted by Crippen LogP contribution is 2.28. The zero-order valence-corrected chi connectivity index (χ0v) is 15.8. The van der Waals surface area contributed by atoms with Crippen LogP contribution < -0.4 is 10.6 Å². The van der Waals surface area contributed by atoms with E-state index in [9.17, 15) is 19.5 Å². The number of piperidine rings is 1. The second kappa shape index (κ2) is 7.98. The first kappa shape index (κ1) is 19.0. The van der Waals surface area contributed by atoms with E-state index in [0.29, 0.717) is 18.5 Å². The van der Waals surface area contributed by atoms with Gasteiger partial charge in [-0.05, 0) is 43.1 Å². The molecule has 150 valence electrons. The summed E-state index contributed by atoms with van der Waals surface area (Å²) in [5.41, 5.74) is 2.69. The highest BCUT2D eigenvalue weighted by Gasteiger charge is 2.39. The number of carbonyl (C=O) groups is 3. The second-order valence-corrected chi connectivity index (χ2v) is 7.81. The zero-order chi connectivity index (χ0) is 19.7. The number of nitrogens with one attached hydrogen (secondary N) is 2. The van der Waals surface area contributed by atoms with Crippen molar-refractivity contribution in [1.82, 2.24) is 20.4 Å². The van der Waals surface area contributed by atoms with Crippen molar-refractivity contribution in [3.63, 3.8) is 0 Å². The minimum absolute atomic E-state index is 0.0847. The number of aliphatic hydroxyl groups is 1. The van der Waals surface area contributed by atoms with Crippen molar-refractivity contribution in [2.24, 2.45) is 0 Å². The number of amides is 3. The Morgan fingerprint density at radius 2 is 2.07 bits per heavy atom. The molecular formula is C20H26N4O4. The quantitative estimate of drug-likeness (QED) is 0.609. The third-order valence-electron chi connectivity index (χ3n) is 5.78. The molecule has 2 atom stereocenters. The predicted molar refractivity (Wildman–Crippen MR) is 101 cm³/mol. The van der Waals surface area contributed by atoms with E-state index in [1.54, 1.807) is 4.90 Å². The molecule has 2 fully saturated rings. The van der Waals surface area contributed by atoms with Gasteiger partial charge in [0, 0.05) is 37.7 Å². The lowest BCUT2D eigenvalue weighted by molar-refractivity contribution is -0.136. The van der Waals surface area contributed by atoms with Gasteiger partial charge in [-0.1, -0.05) is 12.1 Å². The van der Waals surface area contributed by atoms with E-state index in [-0.39, 0.29) is 36.8 Å². The van der Waals surface area contributed by atoms with Crippen LogP contribution >= 0.6 is 0 Å². The summed E-state index contributed by atoms with van der Waals surface area (Å²) in [5, 5.41) is 15.1. The van der Waals surface area contributed by atoms with Gasteiger partial charge in [0.2, 0.25) is 11.8 Å². The van der Waals surface area contributed by atoms with Crippen molar-refractivity contribution in [3.05, 3.63) is 34.9 Å². The fraction of sp³-hybridized carbons (Fsp3) is 0.550. The number of nitrogens with zero attached hydrogens (tertiary/aromatic N) is 2. The summed E-state index contributed by atoms with van der Waals surface area (Å²) in [6.45, 7) is 3.93. The molecule has 0 saturated carbocycles. The molecule has 2 saturated heterocycles. The number of fused-ring (bicyclic) bond motifs is 1. The lowest BCUT2D eigenvalue weighted by atomic mass is 10.0. The van der Waals surface area contributed by atoms with Gasteiger partial charge in [-0.3, -0.25) is 24.6 Å². The molecule has 3 aliphatic heterocycles. The Morgan fingerprint density at radius 3 is 2.86 bits per heavy atom. The highest BCUT2D eigenvalue weighted by molar-refractivity contribution is 6.05. The molecule has 0 radical (unpaired) electrons. The largest absolute Gasteiger partial charge is 0.395 e. The summed E-state index contributed by atoms with van der Waals surface area (Å²) in [6, 6.07) is 5.37. The number of hydrogen-bond donors (Lipinski definition) is 3. The molecule has 2 unspecified atom stereocenters. The summed E-state index contributed by atoms with van der Waals surface area (Å²) >= 11 is 0. The summed E-state index contributed by atoms with van der Waals surface area (Å²) in [5.74, 6) is -0.805. The van der Waals surface area contributed by atoms with Crippen LogP contribution in [0, 0.1) is 0 Å². The van der Waals surface area contributed by atoms with Gasteiger partial charge in [-0.2, -0.15) is 0 Å². The molecule has 28 heavy (non-hydrogen) atoms. The standard InChI is InChI=1S/C20H26N4O4/c25-12-15-11-23(7-1-6-21-15)9-13-2-3-16-14(8-13)10-24(20(16)28)17-4-5-18(26)22-19(17)27/h2-3,8,15,17,21,25H,1,4-7,9-12H2,(H,22,26,27). The number of rotatable bonds is 4. The molecule has 3 N–H and O–H groups in total. The molecule has 4 rings (SSSR count). The maximum atomic E-state index is 12.8. The summed E-state index contributed by atoms with van der Waals surface area (Å²) < 4.78 is 0. The van der Waals surface area contributed by atoms with Gasteiger partial charge >= 0.3 is 0 Å². The molecule has 1 aromatic rings. The average Bonchev–Trinajstić information content (AvgIpc) is 2.85. The summed E-state index contributed by atoms with van der Waals surface area (Å²) in [4.78, 5) is 40.2. The number of hydrogen-bond acceptors (Lipinski definition) is 6. The second-order valence-electron chi connectivity index (χ2n) is 7.81. The molecule has 0 aromatic heterocycles. The van der Waals surface area contributed by atoms with Crippen molar-refractivity contribution < 1.29 is 19.5 Å². The van der Waals surface area contributed by atoms with E-state index < -0.39 is 6.04 Å². The Morgan fingerprint density at radius 1 is 1.21 bits per heavy atom. The first-order chi connectivity index (χ1) is 13.5. The number of carbonyl (C=O) groups excluding carboxylic acids is 3. The Balaban J connectivity index is 1.46. The summed E-state index contributed by atoms with van der Waals surface area (Å²) in [7, 11) is 0. The van der Waals surface area contributed by atoms with Crippen LogP contribution in [-0.4, -0.2) is 71.0 Å². The maximum absolute atomic E-state index is 12.8. The third-order valence-corrected chi connectivity index (χ3v) is 5.78.